The zero-order valence-electron chi connectivity index (χ0n) is 13.9. The summed E-state index contributed by atoms with van der Waals surface area (Å²) in [5.41, 5.74) is 2.99. The first-order valence-corrected chi connectivity index (χ1v) is 8.31. The number of carbonyl (C=O) groups excluding carboxylic acids is 1. The van der Waals surface area contributed by atoms with E-state index in [0.717, 1.165) is 33.4 Å². The summed E-state index contributed by atoms with van der Waals surface area (Å²) in [6, 6.07) is 17.8. The molecule has 0 radical (unpaired) electrons. The van der Waals surface area contributed by atoms with E-state index in [1.165, 1.54) is 12.1 Å². The molecule has 5 heteroatoms. The maximum absolute atomic E-state index is 13.6. The van der Waals surface area contributed by atoms with E-state index < -0.39 is 11.6 Å². The Hall–Kier alpha value is -3.21. The number of hydrogen-bond donors (Lipinski definition) is 2. The van der Waals surface area contributed by atoms with Crippen molar-refractivity contribution in [3.63, 3.8) is 0 Å². The standard InChI is InChI=1S/C21H16F2N2O/c22-17-6-3-4-14(21(17)23)12-24-20(26)11-13-8-9-16-15-5-1-2-7-18(15)25-19(16)10-13/h1-10,25H,11-12H2,(H,24,26). The van der Waals surface area contributed by atoms with Crippen LogP contribution in [0.2, 0.25) is 0 Å². The highest BCUT2D eigenvalue weighted by Crippen LogP contribution is 2.26. The SMILES string of the molecule is O=C(Cc1ccc2c(c1)[nH]c1ccccc12)NCc1cccc(F)c1F. The highest BCUT2D eigenvalue weighted by molar-refractivity contribution is 6.07. The smallest absolute Gasteiger partial charge is 0.224 e. The Balaban J connectivity index is 1.48. The molecular formula is C21H16F2N2O. The van der Waals surface area contributed by atoms with Crippen molar-refractivity contribution >= 4 is 27.7 Å². The molecule has 0 unspecified atom stereocenters. The molecule has 2 N–H and O–H groups in total. The van der Waals surface area contributed by atoms with Gasteiger partial charge in [-0.2, -0.15) is 0 Å². The minimum atomic E-state index is -0.924. The number of H-pyrrole nitrogens is 1. The molecule has 0 aliphatic heterocycles. The normalized spacial score (nSPS) is 11.2. The maximum atomic E-state index is 13.6. The van der Waals surface area contributed by atoms with Crippen LogP contribution in [-0.2, 0) is 17.8 Å². The quantitative estimate of drug-likeness (QED) is 0.561. The summed E-state index contributed by atoms with van der Waals surface area (Å²) >= 11 is 0. The number of carbonyl (C=O) groups is 1. The van der Waals surface area contributed by atoms with E-state index in [-0.39, 0.29) is 24.4 Å². The molecule has 0 saturated carbocycles. The van der Waals surface area contributed by atoms with Crippen LogP contribution in [-0.4, -0.2) is 10.9 Å². The third-order valence-electron chi connectivity index (χ3n) is 4.44. The molecular weight excluding hydrogens is 334 g/mol. The second kappa shape index (κ2) is 6.59. The Morgan fingerprint density at radius 1 is 0.923 bits per heavy atom. The van der Waals surface area contributed by atoms with Crippen molar-refractivity contribution in [3.8, 4) is 0 Å². The van der Waals surface area contributed by atoms with Crippen molar-refractivity contribution in [1.82, 2.24) is 10.3 Å². The van der Waals surface area contributed by atoms with E-state index in [2.05, 4.69) is 10.3 Å². The van der Waals surface area contributed by atoms with Crippen molar-refractivity contribution in [2.24, 2.45) is 0 Å². The second-order valence-electron chi connectivity index (χ2n) is 6.22. The first-order valence-electron chi connectivity index (χ1n) is 8.31. The number of aromatic nitrogens is 1. The Labute approximate surface area is 148 Å². The van der Waals surface area contributed by atoms with Crippen LogP contribution in [0.1, 0.15) is 11.1 Å². The van der Waals surface area contributed by atoms with Gasteiger partial charge in [-0.3, -0.25) is 4.79 Å². The van der Waals surface area contributed by atoms with Gasteiger partial charge in [0.1, 0.15) is 0 Å². The number of para-hydroxylation sites is 1. The molecule has 0 fully saturated rings. The van der Waals surface area contributed by atoms with Gasteiger partial charge in [0.05, 0.1) is 6.42 Å². The zero-order valence-corrected chi connectivity index (χ0v) is 13.9. The lowest BCUT2D eigenvalue weighted by Gasteiger charge is -2.07. The molecule has 0 aliphatic carbocycles. The van der Waals surface area contributed by atoms with Gasteiger partial charge in [0.15, 0.2) is 11.6 Å². The summed E-state index contributed by atoms with van der Waals surface area (Å²) in [4.78, 5) is 15.5. The Bertz CT molecular complexity index is 1120. The van der Waals surface area contributed by atoms with Gasteiger partial charge in [-0.05, 0) is 23.8 Å². The second-order valence-corrected chi connectivity index (χ2v) is 6.22. The fraction of sp³-hybridized carbons (Fsp3) is 0.0952. The number of rotatable bonds is 4. The minimum absolute atomic E-state index is 0.0446. The van der Waals surface area contributed by atoms with Crippen molar-refractivity contribution < 1.29 is 13.6 Å². The molecule has 1 amide bonds. The van der Waals surface area contributed by atoms with Crippen LogP contribution in [0.25, 0.3) is 21.8 Å². The number of halogens is 2. The summed E-state index contributed by atoms with van der Waals surface area (Å²) in [6.07, 6.45) is 0.169. The van der Waals surface area contributed by atoms with Crippen molar-refractivity contribution in [1.29, 1.82) is 0 Å². The average molecular weight is 350 g/mol. The van der Waals surface area contributed by atoms with Crippen LogP contribution < -0.4 is 5.32 Å². The number of fused-ring (bicyclic) bond motifs is 3. The molecule has 0 aliphatic rings. The van der Waals surface area contributed by atoms with Crippen LogP contribution in [0.15, 0.2) is 60.7 Å². The first-order chi connectivity index (χ1) is 12.6. The summed E-state index contributed by atoms with van der Waals surface area (Å²) in [5.74, 6) is -2.09. The van der Waals surface area contributed by atoms with E-state index in [1.54, 1.807) is 0 Å². The lowest BCUT2D eigenvalue weighted by molar-refractivity contribution is -0.120. The summed E-state index contributed by atoms with van der Waals surface area (Å²) < 4.78 is 26.8. The Morgan fingerprint density at radius 3 is 2.62 bits per heavy atom. The molecule has 26 heavy (non-hydrogen) atoms. The Morgan fingerprint density at radius 2 is 1.73 bits per heavy atom. The number of amides is 1. The topological polar surface area (TPSA) is 44.9 Å². The molecule has 0 saturated heterocycles. The largest absolute Gasteiger partial charge is 0.355 e. The van der Waals surface area contributed by atoms with Gasteiger partial charge in [-0.1, -0.05) is 42.5 Å². The number of hydrogen-bond acceptors (Lipinski definition) is 1. The molecule has 130 valence electrons. The molecule has 3 aromatic carbocycles. The van der Waals surface area contributed by atoms with Crippen LogP contribution in [0, 0.1) is 11.6 Å². The lowest BCUT2D eigenvalue weighted by Crippen LogP contribution is -2.25. The number of nitrogens with one attached hydrogen (secondary N) is 2. The monoisotopic (exact) mass is 350 g/mol. The molecule has 0 atom stereocenters. The predicted molar refractivity (Wildman–Crippen MR) is 97.7 cm³/mol. The van der Waals surface area contributed by atoms with Crippen LogP contribution in [0.3, 0.4) is 0 Å². The van der Waals surface area contributed by atoms with Crippen LogP contribution >= 0.6 is 0 Å². The lowest BCUT2D eigenvalue weighted by atomic mass is 10.1. The molecule has 0 spiro atoms. The van der Waals surface area contributed by atoms with E-state index in [4.69, 9.17) is 0 Å². The van der Waals surface area contributed by atoms with Gasteiger partial charge < -0.3 is 10.3 Å². The minimum Gasteiger partial charge on any atom is -0.355 e. The summed E-state index contributed by atoms with van der Waals surface area (Å²) in [5, 5.41) is 4.88. The fourth-order valence-corrected chi connectivity index (χ4v) is 3.14. The molecule has 3 nitrogen and oxygen atoms in total. The van der Waals surface area contributed by atoms with Gasteiger partial charge in [-0.25, -0.2) is 8.78 Å². The van der Waals surface area contributed by atoms with E-state index >= 15 is 0 Å². The third kappa shape index (κ3) is 3.04. The van der Waals surface area contributed by atoms with E-state index in [0.29, 0.717) is 0 Å². The van der Waals surface area contributed by atoms with Gasteiger partial charge in [0, 0.05) is 33.9 Å². The molecule has 4 aromatic rings. The molecule has 1 heterocycles. The molecule has 0 bridgehead atoms. The summed E-state index contributed by atoms with van der Waals surface area (Å²) in [6.45, 7) is -0.0446. The van der Waals surface area contributed by atoms with Crippen molar-refractivity contribution in [3.05, 3.63) is 83.4 Å². The van der Waals surface area contributed by atoms with Crippen molar-refractivity contribution in [2.45, 2.75) is 13.0 Å². The highest BCUT2D eigenvalue weighted by Gasteiger charge is 2.10. The van der Waals surface area contributed by atoms with Gasteiger partial charge in [0.2, 0.25) is 5.91 Å². The molecule has 1 aromatic heterocycles. The van der Waals surface area contributed by atoms with Crippen LogP contribution in [0.4, 0.5) is 8.78 Å². The highest BCUT2D eigenvalue weighted by atomic mass is 19.2. The fourth-order valence-electron chi connectivity index (χ4n) is 3.14. The predicted octanol–water partition coefficient (Wildman–Crippen LogP) is 4.46. The van der Waals surface area contributed by atoms with Crippen molar-refractivity contribution in [2.75, 3.05) is 0 Å². The Kier molecular flexibility index (Phi) is 4.13. The maximum Gasteiger partial charge on any atom is 0.224 e. The van der Waals surface area contributed by atoms with Crippen LogP contribution in [0.5, 0.6) is 0 Å². The number of benzene rings is 3. The average Bonchev–Trinajstić information content (AvgIpc) is 3.00. The third-order valence-corrected chi connectivity index (χ3v) is 4.44. The van der Waals surface area contributed by atoms with Gasteiger partial charge >= 0.3 is 0 Å². The zero-order chi connectivity index (χ0) is 18.1. The van der Waals surface area contributed by atoms with E-state index in [9.17, 15) is 13.6 Å². The molecule has 4 rings (SSSR count). The van der Waals surface area contributed by atoms with Gasteiger partial charge in [-0.15, -0.1) is 0 Å². The van der Waals surface area contributed by atoms with E-state index in [1.807, 2.05) is 42.5 Å². The first kappa shape index (κ1) is 16.3. The van der Waals surface area contributed by atoms with Gasteiger partial charge in [0.25, 0.3) is 0 Å². The summed E-state index contributed by atoms with van der Waals surface area (Å²) in [7, 11) is 0. The number of aromatic amines is 1.